The summed E-state index contributed by atoms with van der Waals surface area (Å²) in [7, 11) is 0. The SMILES string of the molecule is CCC(=O)Nc1ccc(-c2cc(C(=O)N[C@H](C)c3ccccc3)c3ccccc3n2)cc1. The highest BCUT2D eigenvalue weighted by molar-refractivity contribution is 6.07. The molecule has 2 amide bonds. The Balaban J connectivity index is 1.67. The zero-order chi connectivity index (χ0) is 22.5. The molecule has 4 rings (SSSR count). The lowest BCUT2D eigenvalue weighted by Gasteiger charge is -2.16. The van der Waals surface area contributed by atoms with Crippen molar-refractivity contribution in [3.05, 3.63) is 96.1 Å². The van der Waals surface area contributed by atoms with Gasteiger partial charge in [0, 0.05) is 23.1 Å². The van der Waals surface area contributed by atoms with Crippen LogP contribution in [-0.4, -0.2) is 16.8 Å². The van der Waals surface area contributed by atoms with E-state index in [1.54, 1.807) is 0 Å². The molecule has 1 aromatic heterocycles. The molecular formula is C27H25N3O2. The molecule has 0 bridgehead atoms. The summed E-state index contributed by atoms with van der Waals surface area (Å²) in [5.74, 6) is -0.180. The maximum Gasteiger partial charge on any atom is 0.252 e. The van der Waals surface area contributed by atoms with Gasteiger partial charge in [0.1, 0.15) is 0 Å². The molecule has 160 valence electrons. The first kappa shape index (κ1) is 21.2. The van der Waals surface area contributed by atoms with Crippen LogP contribution >= 0.6 is 0 Å². The molecule has 3 aromatic carbocycles. The maximum absolute atomic E-state index is 13.2. The van der Waals surface area contributed by atoms with Crippen molar-refractivity contribution in [2.45, 2.75) is 26.3 Å². The number of para-hydroxylation sites is 1. The lowest BCUT2D eigenvalue weighted by Crippen LogP contribution is -2.27. The van der Waals surface area contributed by atoms with E-state index in [9.17, 15) is 9.59 Å². The number of hydrogen-bond acceptors (Lipinski definition) is 3. The van der Waals surface area contributed by atoms with Gasteiger partial charge in [-0.05, 0) is 36.8 Å². The second-order valence-electron chi connectivity index (χ2n) is 7.66. The number of nitrogens with one attached hydrogen (secondary N) is 2. The van der Waals surface area contributed by atoms with Crippen LogP contribution < -0.4 is 10.6 Å². The third kappa shape index (κ3) is 4.67. The summed E-state index contributed by atoms with van der Waals surface area (Å²) in [5, 5.41) is 6.76. The van der Waals surface area contributed by atoms with E-state index in [1.165, 1.54) is 0 Å². The largest absolute Gasteiger partial charge is 0.345 e. The van der Waals surface area contributed by atoms with Gasteiger partial charge in [-0.3, -0.25) is 9.59 Å². The number of carbonyl (C=O) groups is 2. The summed E-state index contributed by atoms with van der Waals surface area (Å²) in [4.78, 5) is 29.6. The number of nitrogens with zero attached hydrogens (tertiary/aromatic N) is 1. The van der Waals surface area contributed by atoms with E-state index in [0.29, 0.717) is 17.7 Å². The van der Waals surface area contributed by atoms with Crippen LogP contribution in [0.5, 0.6) is 0 Å². The van der Waals surface area contributed by atoms with Gasteiger partial charge >= 0.3 is 0 Å². The summed E-state index contributed by atoms with van der Waals surface area (Å²) in [6.07, 6.45) is 0.424. The van der Waals surface area contributed by atoms with Crippen molar-refractivity contribution in [3.63, 3.8) is 0 Å². The molecule has 0 radical (unpaired) electrons. The van der Waals surface area contributed by atoms with Gasteiger partial charge in [-0.25, -0.2) is 4.98 Å². The van der Waals surface area contributed by atoms with Crippen LogP contribution in [0.1, 0.15) is 42.2 Å². The monoisotopic (exact) mass is 423 g/mol. The van der Waals surface area contributed by atoms with E-state index in [4.69, 9.17) is 4.98 Å². The summed E-state index contributed by atoms with van der Waals surface area (Å²) < 4.78 is 0. The molecule has 0 unspecified atom stereocenters. The molecule has 5 nitrogen and oxygen atoms in total. The number of hydrogen-bond donors (Lipinski definition) is 2. The average molecular weight is 424 g/mol. The molecule has 32 heavy (non-hydrogen) atoms. The summed E-state index contributed by atoms with van der Waals surface area (Å²) >= 11 is 0. The Hall–Kier alpha value is -3.99. The Morgan fingerprint density at radius 2 is 1.59 bits per heavy atom. The van der Waals surface area contributed by atoms with Gasteiger partial charge in [0.25, 0.3) is 5.91 Å². The highest BCUT2D eigenvalue weighted by atomic mass is 16.2. The minimum absolute atomic E-state index is 0.0342. The maximum atomic E-state index is 13.2. The van der Waals surface area contributed by atoms with Crippen LogP contribution in [0.15, 0.2) is 84.9 Å². The molecular weight excluding hydrogens is 398 g/mol. The number of amides is 2. The van der Waals surface area contributed by atoms with Gasteiger partial charge < -0.3 is 10.6 Å². The van der Waals surface area contributed by atoms with E-state index >= 15 is 0 Å². The molecule has 0 fully saturated rings. The van der Waals surface area contributed by atoms with E-state index in [0.717, 1.165) is 27.7 Å². The molecule has 0 aliphatic carbocycles. The topological polar surface area (TPSA) is 71.1 Å². The summed E-state index contributed by atoms with van der Waals surface area (Å²) in [6, 6.07) is 26.7. The number of benzene rings is 3. The third-order valence-corrected chi connectivity index (χ3v) is 5.39. The minimum Gasteiger partial charge on any atom is -0.345 e. The van der Waals surface area contributed by atoms with Crippen LogP contribution in [0.4, 0.5) is 5.69 Å². The Labute approximate surface area is 187 Å². The van der Waals surface area contributed by atoms with Crippen LogP contribution in [0.2, 0.25) is 0 Å². The molecule has 1 atom stereocenters. The van der Waals surface area contributed by atoms with Gasteiger partial charge in [-0.1, -0.05) is 67.6 Å². The van der Waals surface area contributed by atoms with Gasteiger partial charge in [-0.15, -0.1) is 0 Å². The second-order valence-corrected chi connectivity index (χ2v) is 7.66. The van der Waals surface area contributed by atoms with Gasteiger partial charge in [0.2, 0.25) is 5.91 Å². The normalized spacial score (nSPS) is 11.7. The second kappa shape index (κ2) is 9.43. The first-order chi connectivity index (χ1) is 15.5. The molecule has 0 saturated carbocycles. The van der Waals surface area contributed by atoms with Crippen molar-refractivity contribution in [1.29, 1.82) is 0 Å². The molecule has 5 heteroatoms. The molecule has 1 heterocycles. The Bertz CT molecular complexity index is 1250. The van der Waals surface area contributed by atoms with Crippen LogP contribution in [0, 0.1) is 0 Å². The fraction of sp³-hybridized carbons (Fsp3) is 0.148. The van der Waals surface area contributed by atoms with Crippen molar-refractivity contribution >= 4 is 28.4 Å². The number of anilines is 1. The number of aromatic nitrogens is 1. The zero-order valence-electron chi connectivity index (χ0n) is 18.1. The van der Waals surface area contributed by atoms with E-state index in [2.05, 4.69) is 10.6 Å². The van der Waals surface area contributed by atoms with E-state index in [-0.39, 0.29) is 17.9 Å². The highest BCUT2D eigenvalue weighted by Gasteiger charge is 2.16. The predicted octanol–water partition coefficient (Wildman–Crippen LogP) is 5.74. The Morgan fingerprint density at radius 3 is 2.31 bits per heavy atom. The number of fused-ring (bicyclic) bond motifs is 1. The highest BCUT2D eigenvalue weighted by Crippen LogP contribution is 2.26. The number of rotatable bonds is 6. The fourth-order valence-corrected chi connectivity index (χ4v) is 3.58. The number of carbonyl (C=O) groups excluding carboxylic acids is 2. The molecule has 0 aliphatic heterocycles. The lowest BCUT2D eigenvalue weighted by atomic mass is 10.0. The molecule has 2 N–H and O–H groups in total. The van der Waals surface area contributed by atoms with E-state index < -0.39 is 0 Å². The van der Waals surface area contributed by atoms with Crippen molar-refractivity contribution in [2.75, 3.05) is 5.32 Å². The standard InChI is InChI=1S/C27H25N3O2/c1-3-26(31)29-21-15-13-20(14-16-21)25-17-23(22-11-7-8-12-24(22)30-25)27(32)28-18(2)19-9-5-4-6-10-19/h4-18H,3H2,1-2H3,(H,28,32)(H,29,31)/t18-/m1/s1. The van der Waals surface area contributed by atoms with Crippen molar-refractivity contribution in [3.8, 4) is 11.3 Å². The van der Waals surface area contributed by atoms with Crippen LogP contribution in [0.3, 0.4) is 0 Å². The predicted molar refractivity (Wildman–Crippen MR) is 128 cm³/mol. The average Bonchev–Trinajstić information content (AvgIpc) is 2.84. The smallest absolute Gasteiger partial charge is 0.252 e. The Kier molecular flexibility index (Phi) is 6.26. The van der Waals surface area contributed by atoms with Crippen molar-refractivity contribution in [2.24, 2.45) is 0 Å². The Morgan fingerprint density at radius 1 is 0.906 bits per heavy atom. The van der Waals surface area contributed by atoms with Gasteiger partial charge in [0.05, 0.1) is 22.8 Å². The molecule has 0 saturated heterocycles. The molecule has 0 spiro atoms. The summed E-state index contributed by atoms with van der Waals surface area (Å²) in [6.45, 7) is 3.79. The lowest BCUT2D eigenvalue weighted by molar-refractivity contribution is -0.115. The fourth-order valence-electron chi connectivity index (χ4n) is 3.58. The van der Waals surface area contributed by atoms with Crippen molar-refractivity contribution in [1.82, 2.24) is 10.3 Å². The molecule has 0 aliphatic rings. The van der Waals surface area contributed by atoms with Crippen LogP contribution in [0.25, 0.3) is 22.2 Å². The minimum atomic E-state index is -0.145. The molecule has 4 aromatic rings. The van der Waals surface area contributed by atoms with Gasteiger partial charge in [0.15, 0.2) is 0 Å². The van der Waals surface area contributed by atoms with E-state index in [1.807, 2.05) is 98.8 Å². The quantitative estimate of drug-likeness (QED) is 0.415. The van der Waals surface area contributed by atoms with Crippen LogP contribution in [-0.2, 0) is 4.79 Å². The van der Waals surface area contributed by atoms with Crippen molar-refractivity contribution < 1.29 is 9.59 Å². The van der Waals surface area contributed by atoms with Gasteiger partial charge in [-0.2, -0.15) is 0 Å². The number of pyridine rings is 1. The first-order valence-electron chi connectivity index (χ1n) is 10.7. The third-order valence-electron chi connectivity index (χ3n) is 5.39. The first-order valence-corrected chi connectivity index (χ1v) is 10.7. The summed E-state index contributed by atoms with van der Waals surface area (Å²) in [5.41, 5.74) is 4.69. The zero-order valence-corrected chi connectivity index (χ0v) is 18.1.